The monoisotopic (exact) mass is 322 g/mol. The summed E-state index contributed by atoms with van der Waals surface area (Å²) in [6.07, 6.45) is 3.28. The lowest BCUT2D eigenvalue weighted by molar-refractivity contribution is -0.143. The molecule has 0 saturated carbocycles. The van der Waals surface area contributed by atoms with Crippen molar-refractivity contribution in [3.63, 3.8) is 0 Å². The van der Waals surface area contributed by atoms with Crippen molar-refractivity contribution in [3.05, 3.63) is 23.3 Å². The lowest BCUT2D eigenvalue weighted by atomic mass is 10.0. The van der Waals surface area contributed by atoms with E-state index in [0.717, 1.165) is 12.8 Å². The molecule has 0 aliphatic rings. The number of benzene rings is 1. The highest BCUT2D eigenvalue weighted by molar-refractivity contribution is 5.97. The molecule has 0 bridgehead atoms. The molecule has 0 aliphatic heterocycles. The second-order valence-electron chi connectivity index (χ2n) is 5.36. The van der Waals surface area contributed by atoms with Gasteiger partial charge in [0.05, 0.1) is 18.8 Å². The minimum Gasteiger partial charge on any atom is -0.507 e. The molecule has 0 aromatic heterocycles. The first-order valence-electron chi connectivity index (χ1n) is 8.15. The third-order valence-corrected chi connectivity index (χ3v) is 3.46. The maximum absolute atomic E-state index is 11.5. The molecule has 1 aromatic rings. The van der Waals surface area contributed by atoms with Crippen LogP contribution in [0.3, 0.4) is 0 Å². The Morgan fingerprint density at radius 2 is 1.91 bits per heavy atom. The van der Waals surface area contributed by atoms with Crippen LogP contribution in [0.4, 0.5) is 0 Å². The summed E-state index contributed by atoms with van der Waals surface area (Å²) >= 11 is 0. The predicted octanol–water partition coefficient (Wildman–Crippen LogP) is 3.66. The Kier molecular flexibility index (Phi) is 8.16. The molecule has 0 amide bonds. The summed E-state index contributed by atoms with van der Waals surface area (Å²) in [5.41, 5.74) is 0.994. The van der Waals surface area contributed by atoms with E-state index in [1.807, 2.05) is 6.92 Å². The quantitative estimate of drug-likeness (QED) is 0.404. The number of hydrogen-bond acceptors (Lipinski definition) is 5. The first-order valence-corrected chi connectivity index (χ1v) is 8.15. The van der Waals surface area contributed by atoms with Gasteiger partial charge in [0.2, 0.25) is 0 Å². The van der Waals surface area contributed by atoms with Crippen LogP contribution in [0.25, 0.3) is 0 Å². The third kappa shape index (κ3) is 5.93. The van der Waals surface area contributed by atoms with Crippen LogP contribution in [-0.2, 0) is 16.0 Å². The summed E-state index contributed by atoms with van der Waals surface area (Å²) in [7, 11) is 0. The Morgan fingerprint density at radius 1 is 1.17 bits per heavy atom. The highest BCUT2D eigenvalue weighted by atomic mass is 16.5. The van der Waals surface area contributed by atoms with Crippen molar-refractivity contribution >= 4 is 11.8 Å². The molecule has 5 heteroatoms. The Hall–Kier alpha value is -2.04. The normalized spacial score (nSPS) is 10.4. The van der Waals surface area contributed by atoms with Crippen molar-refractivity contribution in [3.8, 4) is 11.5 Å². The number of ketones is 1. The van der Waals surface area contributed by atoms with Gasteiger partial charge in [-0.2, -0.15) is 0 Å². The SMILES string of the molecule is CCCc1c(OCCCCC(=O)OCC)ccc(C(C)=O)c1O. The number of aromatic hydroxyl groups is 1. The molecule has 1 rings (SSSR count). The van der Waals surface area contributed by atoms with Gasteiger partial charge in [0.25, 0.3) is 0 Å². The molecule has 0 heterocycles. The summed E-state index contributed by atoms with van der Waals surface area (Å²) in [5.74, 6) is 0.261. The number of phenolic OH excluding ortho intramolecular Hbond substituents is 1. The highest BCUT2D eigenvalue weighted by Gasteiger charge is 2.15. The Morgan fingerprint density at radius 3 is 2.52 bits per heavy atom. The number of hydrogen-bond donors (Lipinski definition) is 1. The maximum atomic E-state index is 11.5. The van der Waals surface area contributed by atoms with Gasteiger partial charge in [-0.15, -0.1) is 0 Å². The average Bonchev–Trinajstić information content (AvgIpc) is 2.50. The van der Waals surface area contributed by atoms with Gasteiger partial charge in [-0.3, -0.25) is 9.59 Å². The number of carbonyl (C=O) groups is 2. The lowest BCUT2D eigenvalue weighted by Gasteiger charge is -2.14. The van der Waals surface area contributed by atoms with Crippen molar-refractivity contribution in [1.82, 2.24) is 0 Å². The van der Waals surface area contributed by atoms with Crippen LogP contribution in [-0.4, -0.2) is 30.1 Å². The van der Waals surface area contributed by atoms with Crippen molar-refractivity contribution in [1.29, 1.82) is 0 Å². The summed E-state index contributed by atoms with van der Waals surface area (Å²) < 4.78 is 10.6. The van der Waals surface area contributed by atoms with Crippen LogP contribution in [0.5, 0.6) is 11.5 Å². The van der Waals surface area contributed by atoms with E-state index in [-0.39, 0.29) is 17.5 Å². The number of carbonyl (C=O) groups excluding carboxylic acids is 2. The van der Waals surface area contributed by atoms with Gasteiger partial charge >= 0.3 is 5.97 Å². The van der Waals surface area contributed by atoms with Gasteiger partial charge < -0.3 is 14.6 Å². The summed E-state index contributed by atoms with van der Waals surface area (Å²) in [6, 6.07) is 3.32. The third-order valence-electron chi connectivity index (χ3n) is 3.46. The molecule has 0 spiro atoms. The van der Waals surface area contributed by atoms with Crippen LogP contribution in [0, 0.1) is 0 Å². The van der Waals surface area contributed by atoms with E-state index in [1.54, 1.807) is 19.1 Å². The van der Waals surface area contributed by atoms with E-state index in [0.29, 0.717) is 49.4 Å². The molecule has 5 nitrogen and oxygen atoms in total. The largest absolute Gasteiger partial charge is 0.507 e. The highest BCUT2D eigenvalue weighted by Crippen LogP contribution is 2.33. The zero-order chi connectivity index (χ0) is 17.2. The molecule has 1 aromatic carbocycles. The van der Waals surface area contributed by atoms with Crippen LogP contribution in [0.2, 0.25) is 0 Å². The molecular weight excluding hydrogens is 296 g/mol. The van der Waals surface area contributed by atoms with Crippen LogP contribution < -0.4 is 4.74 Å². The second-order valence-corrected chi connectivity index (χ2v) is 5.36. The van der Waals surface area contributed by atoms with Gasteiger partial charge in [0.1, 0.15) is 11.5 Å². The number of ether oxygens (including phenoxy) is 2. The molecule has 1 N–H and O–H groups in total. The molecule has 0 atom stereocenters. The fraction of sp³-hybridized carbons (Fsp3) is 0.556. The summed E-state index contributed by atoms with van der Waals surface area (Å²) in [5, 5.41) is 10.2. The van der Waals surface area contributed by atoms with Gasteiger partial charge in [-0.25, -0.2) is 0 Å². The van der Waals surface area contributed by atoms with E-state index in [4.69, 9.17) is 9.47 Å². The Labute approximate surface area is 137 Å². The van der Waals surface area contributed by atoms with Gasteiger partial charge in [0.15, 0.2) is 5.78 Å². The fourth-order valence-corrected chi connectivity index (χ4v) is 2.32. The maximum Gasteiger partial charge on any atom is 0.305 e. The molecule has 0 fully saturated rings. The van der Waals surface area contributed by atoms with E-state index >= 15 is 0 Å². The number of unbranched alkanes of at least 4 members (excludes halogenated alkanes) is 1. The number of phenols is 1. The zero-order valence-electron chi connectivity index (χ0n) is 14.2. The lowest BCUT2D eigenvalue weighted by Crippen LogP contribution is -2.06. The van der Waals surface area contributed by atoms with Gasteiger partial charge in [-0.1, -0.05) is 13.3 Å². The van der Waals surface area contributed by atoms with Crippen LogP contribution in [0.1, 0.15) is 62.4 Å². The molecule has 0 aliphatic carbocycles. The zero-order valence-corrected chi connectivity index (χ0v) is 14.2. The van der Waals surface area contributed by atoms with Crippen molar-refractivity contribution in [2.45, 2.75) is 52.9 Å². The second kappa shape index (κ2) is 9.87. The topological polar surface area (TPSA) is 72.8 Å². The van der Waals surface area contributed by atoms with Crippen molar-refractivity contribution < 1.29 is 24.2 Å². The molecule has 0 unspecified atom stereocenters. The predicted molar refractivity (Wildman–Crippen MR) is 88.1 cm³/mol. The van der Waals surface area contributed by atoms with Crippen LogP contribution >= 0.6 is 0 Å². The molecule has 128 valence electrons. The Bertz CT molecular complexity index is 536. The number of rotatable bonds is 10. The summed E-state index contributed by atoms with van der Waals surface area (Å²) in [4.78, 5) is 22.7. The fourth-order valence-electron chi connectivity index (χ4n) is 2.32. The summed E-state index contributed by atoms with van der Waals surface area (Å²) in [6.45, 7) is 6.07. The van der Waals surface area contributed by atoms with E-state index in [2.05, 4.69) is 0 Å². The molecule has 0 radical (unpaired) electrons. The molecule has 0 saturated heterocycles. The molecular formula is C18H26O5. The van der Waals surface area contributed by atoms with Crippen LogP contribution in [0.15, 0.2) is 12.1 Å². The average molecular weight is 322 g/mol. The smallest absolute Gasteiger partial charge is 0.305 e. The van der Waals surface area contributed by atoms with E-state index in [1.165, 1.54) is 6.92 Å². The van der Waals surface area contributed by atoms with Gasteiger partial charge in [0, 0.05) is 12.0 Å². The number of esters is 1. The van der Waals surface area contributed by atoms with E-state index in [9.17, 15) is 14.7 Å². The number of Topliss-reactive ketones (excluding diaryl/α,β-unsaturated/α-hetero) is 1. The standard InChI is InChI=1S/C18H26O5/c1-4-8-15-16(11-10-14(13(3)19)18(15)21)23-12-7-6-9-17(20)22-5-2/h10-11,21H,4-9,12H2,1-3H3. The van der Waals surface area contributed by atoms with E-state index < -0.39 is 0 Å². The van der Waals surface area contributed by atoms with Crippen molar-refractivity contribution in [2.24, 2.45) is 0 Å². The Balaban J connectivity index is 2.61. The minimum absolute atomic E-state index is 0.0170. The van der Waals surface area contributed by atoms with Crippen molar-refractivity contribution in [2.75, 3.05) is 13.2 Å². The minimum atomic E-state index is -0.192. The molecule has 23 heavy (non-hydrogen) atoms. The van der Waals surface area contributed by atoms with Gasteiger partial charge in [-0.05, 0) is 45.2 Å². The first-order chi connectivity index (χ1) is 11.0. The first kappa shape index (κ1) is 19.0.